The van der Waals surface area contributed by atoms with Crippen LogP contribution in [0.5, 0.6) is 11.5 Å². The summed E-state index contributed by atoms with van der Waals surface area (Å²) in [5.74, 6) is 0.944. The maximum atomic E-state index is 12.9. The Balaban J connectivity index is 2.14. The number of likely N-dealkylation sites (tertiary alicyclic amines) is 1. The second-order valence-electron chi connectivity index (χ2n) is 5.91. The Morgan fingerprint density at radius 1 is 1.26 bits per heavy atom. The molecule has 6 heteroatoms. The molecule has 1 saturated heterocycles. The first-order valence-corrected chi connectivity index (χ1v) is 7.71. The van der Waals surface area contributed by atoms with E-state index in [2.05, 4.69) is 11.9 Å². The monoisotopic (exact) mass is 322 g/mol. The van der Waals surface area contributed by atoms with Gasteiger partial charge < -0.3 is 19.1 Å². The number of methoxy groups -OCH3 is 3. The number of amides is 1. The van der Waals surface area contributed by atoms with Crippen LogP contribution in [0.2, 0.25) is 0 Å². The van der Waals surface area contributed by atoms with Crippen LogP contribution in [0.3, 0.4) is 0 Å². The molecule has 2 rings (SSSR count). The van der Waals surface area contributed by atoms with Gasteiger partial charge in [0.2, 0.25) is 0 Å². The van der Waals surface area contributed by atoms with Crippen LogP contribution in [0.1, 0.15) is 16.8 Å². The second kappa shape index (κ2) is 7.66. The standard InChI is InChI=1S/C17H26N2O4/c1-18-11-13(21-3)9-12(18)10-19(2)17(20)16-14(22-4)7-6-8-15(16)23-5/h6-8,12-13H,9-11H2,1-5H3/t12-,13-/m0/s1. The molecule has 1 aromatic rings. The van der Waals surface area contributed by atoms with E-state index in [1.165, 1.54) is 0 Å². The molecule has 1 aliphatic rings. The van der Waals surface area contributed by atoms with Crippen LogP contribution in [-0.4, -0.2) is 76.4 Å². The van der Waals surface area contributed by atoms with E-state index in [-0.39, 0.29) is 18.1 Å². The van der Waals surface area contributed by atoms with Crippen LogP contribution in [0.25, 0.3) is 0 Å². The Morgan fingerprint density at radius 2 is 1.87 bits per heavy atom. The maximum absolute atomic E-state index is 12.9. The van der Waals surface area contributed by atoms with Crippen LogP contribution in [-0.2, 0) is 4.74 Å². The Morgan fingerprint density at radius 3 is 2.35 bits per heavy atom. The summed E-state index contributed by atoms with van der Waals surface area (Å²) in [7, 11) is 8.71. The summed E-state index contributed by atoms with van der Waals surface area (Å²) in [5, 5.41) is 0. The number of hydrogen-bond acceptors (Lipinski definition) is 5. The van der Waals surface area contributed by atoms with Crippen molar-refractivity contribution in [3.8, 4) is 11.5 Å². The van der Waals surface area contributed by atoms with Crippen molar-refractivity contribution >= 4 is 5.91 Å². The van der Waals surface area contributed by atoms with Crippen LogP contribution in [0, 0.1) is 0 Å². The molecule has 1 fully saturated rings. The highest BCUT2D eigenvalue weighted by molar-refractivity contribution is 5.99. The molecule has 1 heterocycles. The average Bonchev–Trinajstić information content (AvgIpc) is 2.93. The number of likely N-dealkylation sites (N-methyl/N-ethyl adjacent to an activating group) is 2. The van der Waals surface area contributed by atoms with Crippen LogP contribution < -0.4 is 9.47 Å². The van der Waals surface area contributed by atoms with Gasteiger partial charge in [0.05, 0.1) is 20.3 Å². The zero-order valence-corrected chi connectivity index (χ0v) is 14.5. The van der Waals surface area contributed by atoms with Gasteiger partial charge in [0.15, 0.2) is 0 Å². The van der Waals surface area contributed by atoms with E-state index in [4.69, 9.17) is 14.2 Å². The van der Waals surface area contributed by atoms with E-state index < -0.39 is 0 Å². The van der Waals surface area contributed by atoms with Gasteiger partial charge in [-0.1, -0.05) is 6.07 Å². The maximum Gasteiger partial charge on any atom is 0.261 e. The fourth-order valence-corrected chi connectivity index (χ4v) is 3.06. The fraction of sp³-hybridized carbons (Fsp3) is 0.588. The van der Waals surface area contributed by atoms with Gasteiger partial charge in [-0.15, -0.1) is 0 Å². The molecule has 2 atom stereocenters. The van der Waals surface area contributed by atoms with E-state index in [1.807, 2.05) is 13.1 Å². The number of carbonyl (C=O) groups excluding carboxylic acids is 1. The van der Waals surface area contributed by atoms with Crippen molar-refractivity contribution in [3.63, 3.8) is 0 Å². The predicted molar refractivity (Wildman–Crippen MR) is 88.3 cm³/mol. The molecule has 1 aromatic carbocycles. The van der Waals surface area contributed by atoms with Crippen molar-refractivity contribution in [1.82, 2.24) is 9.80 Å². The largest absolute Gasteiger partial charge is 0.496 e. The molecule has 23 heavy (non-hydrogen) atoms. The number of nitrogens with zero attached hydrogens (tertiary/aromatic N) is 2. The Hall–Kier alpha value is -1.79. The van der Waals surface area contributed by atoms with Gasteiger partial charge in [-0.05, 0) is 25.6 Å². The molecule has 0 spiro atoms. The number of ether oxygens (including phenoxy) is 3. The van der Waals surface area contributed by atoms with Crippen LogP contribution >= 0.6 is 0 Å². The zero-order chi connectivity index (χ0) is 17.0. The first-order valence-electron chi connectivity index (χ1n) is 7.71. The van der Waals surface area contributed by atoms with E-state index >= 15 is 0 Å². The molecule has 0 radical (unpaired) electrons. The van der Waals surface area contributed by atoms with E-state index in [9.17, 15) is 4.79 Å². The third-order valence-corrected chi connectivity index (χ3v) is 4.46. The summed E-state index contributed by atoms with van der Waals surface area (Å²) in [4.78, 5) is 16.8. The number of rotatable bonds is 6. The molecule has 0 unspecified atom stereocenters. The topological polar surface area (TPSA) is 51.2 Å². The molecule has 0 bridgehead atoms. The third-order valence-electron chi connectivity index (χ3n) is 4.46. The number of carbonyl (C=O) groups is 1. The molecule has 0 N–H and O–H groups in total. The highest BCUT2D eigenvalue weighted by Crippen LogP contribution is 2.29. The molecule has 0 saturated carbocycles. The van der Waals surface area contributed by atoms with Crippen LogP contribution in [0.4, 0.5) is 0 Å². The lowest BCUT2D eigenvalue weighted by Gasteiger charge is -2.26. The second-order valence-corrected chi connectivity index (χ2v) is 5.91. The number of benzene rings is 1. The minimum Gasteiger partial charge on any atom is -0.496 e. The molecular formula is C17H26N2O4. The summed E-state index contributed by atoms with van der Waals surface area (Å²) < 4.78 is 16.1. The molecular weight excluding hydrogens is 296 g/mol. The van der Waals surface area contributed by atoms with E-state index in [1.54, 1.807) is 38.4 Å². The third kappa shape index (κ3) is 3.76. The lowest BCUT2D eigenvalue weighted by molar-refractivity contribution is 0.0753. The van der Waals surface area contributed by atoms with E-state index in [0.717, 1.165) is 13.0 Å². The normalized spacial score (nSPS) is 21.3. The summed E-state index contributed by atoms with van der Waals surface area (Å²) in [6.07, 6.45) is 1.16. The van der Waals surface area contributed by atoms with Crippen molar-refractivity contribution in [2.75, 3.05) is 48.5 Å². The lowest BCUT2D eigenvalue weighted by Crippen LogP contribution is -2.39. The smallest absolute Gasteiger partial charge is 0.261 e. The quantitative estimate of drug-likeness (QED) is 0.794. The predicted octanol–water partition coefficient (Wildman–Crippen LogP) is 1.49. The van der Waals surface area contributed by atoms with Gasteiger partial charge in [0.1, 0.15) is 17.1 Å². The Kier molecular flexibility index (Phi) is 5.85. The van der Waals surface area contributed by atoms with Crippen molar-refractivity contribution in [2.24, 2.45) is 0 Å². The SMILES string of the molecule is COc1cccc(OC)c1C(=O)N(C)C[C@@H]1C[C@H](OC)CN1C. The van der Waals surface area contributed by atoms with Crippen molar-refractivity contribution in [1.29, 1.82) is 0 Å². The molecule has 128 valence electrons. The Labute approximate surface area is 137 Å². The average molecular weight is 322 g/mol. The minimum absolute atomic E-state index is 0.103. The highest BCUT2D eigenvalue weighted by atomic mass is 16.5. The number of hydrogen-bond donors (Lipinski definition) is 0. The molecule has 1 amide bonds. The first-order chi connectivity index (χ1) is 11.0. The lowest BCUT2D eigenvalue weighted by atomic mass is 10.1. The van der Waals surface area contributed by atoms with Crippen molar-refractivity contribution < 1.29 is 19.0 Å². The molecule has 0 aromatic heterocycles. The highest BCUT2D eigenvalue weighted by Gasteiger charge is 2.32. The van der Waals surface area contributed by atoms with Crippen LogP contribution in [0.15, 0.2) is 18.2 Å². The Bertz CT molecular complexity index is 527. The van der Waals surface area contributed by atoms with Gasteiger partial charge in [-0.3, -0.25) is 9.69 Å². The summed E-state index contributed by atoms with van der Waals surface area (Å²) in [6, 6.07) is 5.63. The minimum atomic E-state index is -0.103. The molecule has 6 nitrogen and oxygen atoms in total. The van der Waals surface area contributed by atoms with Crippen molar-refractivity contribution in [3.05, 3.63) is 23.8 Å². The van der Waals surface area contributed by atoms with Crippen molar-refractivity contribution in [2.45, 2.75) is 18.6 Å². The fourth-order valence-electron chi connectivity index (χ4n) is 3.06. The first kappa shape index (κ1) is 17.6. The zero-order valence-electron chi connectivity index (χ0n) is 14.5. The summed E-state index contributed by atoms with van der Waals surface area (Å²) in [5.41, 5.74) is 0.462. The van der Waals surface area contributed by atoms with Gasteiger partial charge in [0, 0.05) is 33.3 Å². The van der Waals surface area contributed by atoms with Gasteiger partial charge in [-0.2, -0.15) is 0 Å². The summed E-state index contributed by atoms with van der Waals surface area (Å²) in [6.45, 7) is 1.53. The van der Waals surface area contributed by atoms with Gasteiger partial charge >= 0.3 is 0 Å². The van der Waals surface area contributed by atoms with Gasteiger partial charge in [0.25, 0.3) is 5.91 Å². The van der Waals surface area contributed by atoms with E-state index in [0.29, 0.717) is 23.6 Å². The molecule has 0 aliphatic carbocycles. The summed E-state index contributed by atoms with van der Waals surface area (Å²) >= 11 is 0. The molecule has 1 aliphatic heterocycles. The van der Waals surface area contributed by atoms with Gasteiger partial charge in [-0.25, -0.2) is 0 Å².